The van der Waals surface area contributed by atoms with Crippen LogP contribution in [-0.4, -0.2) is 58.8 Å². The maximum Gasteiger partial charge on any atom is 0.697 e. The average Bonchev–Trinajstić information content (AvgIpc) is 1.94. The van der Waals surface area contributed by atoms with Gasteiger partial charge in [0.25, 0.3) is 0 Å². The van der Waals surface area contributed by atoms with Crippen molar-refractivity contribution < 1.29 is 42.4 Å². The molecule has 0 heterocycles. The third-order valence-corrected chi connectivity index (χ3v) is 2.96. The van der Waals surface area contributed by atoms with Gasteiger partial charge in [0.15, 0.2) is 12.5 Å². The van der Waals surface area contributed by atoms with Crippen LogP contribution in [0.4, 0.5) is 0 Å². The van der Waals surface area contributed by atoms with E-state index in [1.54, 1.807) is 0 Å². The summed E-state index contributed by atoms with van der Waals surface area (Å²) in [5.41, 5.74) is 0. The van der Waals surface area contributed by atoms with Crippen molar-refractivity contribution in [3.63, 3.8) is 0 Å². The lowest BCUT2D eigenvalue weighted by Crippen LogP contribution is -2.41. The lowest BCUT2D eigenvalue weighted by Gasteiger charge is -2.04. The van der Waals surface area contributed by atoms with Gasteiger partial charge in [-0.05, 0) is 0 Å². The van der Waals surface area contributed by atoms with Crippen molar-refractivity contribution >= 4 is 25.9 Å². The first-order chi connectivity index (χ1) is 6.10. The maximum absolute atomic E-state index is 10.6. The lowest BCUT2D eigenvalue weighted by molar-refractivity contribution is 0.156. The quantitative estimate of drug-likeness (QED) is 0.212. The monoisotopic (exact) mass is 265 g/mol. The number of hydrogen-bond donors (Lipinski definition) is 6. The fraction of sp³-hybridized carbons (Fsp3) is 1.00. The van der Waals surface area contributed by atoms with Crippen molar-refractivity contribution in [2.75, 3.05) is 12.5 Å². The second kappa shape index (κ2) is 5.34. The highest BCUT2D eigenvalue weighted by atomic mass is 31.1. The normalized spacial score (nSPS) is 13.0. The molecule has 14 heavy (non-hydrogen) atoms. The zero-order valence-corrected chi connectivity index (χ0v) is 9.66. The van der Waals surface area contributed by atoms with E-state index in [9.17, 15) is 4.57 Å². The molecular weight excluding hydrogens is 255 g/mol. The van der Waals surface area contributed by atoms with Gasteiger partial charge in [0, 0.05) is 4.57 Å². The Labute approximate surface area is 81.5 Å². The molecule has 0 unspecified atom stereocenters. The van der Waals surface area contributed by atoms with Gasteiger partial charge in [-0.2, -0.15) is 0 Å². The fourth-order valence-electron chi connectivity index (χ4n) is 0.316. The molecule has 6 N–H and O–H groups in total. The minimum absolute atomic E-state index is 0.973. The van der Waals surface area contributed by atoms with E-state index in [4.69, 9.17) is 28.8 Å². The van der Waals surface area contributed by atoms with Crippen molar-refractivity contribution in [1.29, 1.82) is 0 Å². The summed E-state index contributed by atoms with van der Waals surface area (Å²) in [6.07, 6.45) is -1.95. The van der Waals surface area contributed by atoms with Crippen LogP contribution in [-0.2, 0) is 13.6 Å². The van der Waals surface area contributed by atoms with Gasteiger partial charge in [0.05, 0.1) is 0 Å². The van der Waals surface area contributed by atoms with Gasteiger partial charge >= 0.3 is 25.9 Å². The summed E-state index contributed by atoms with van der Waals surface area (Å²) >= 11 is 0. The minimum Gasteiger partial charge on any atom is -0.388 e. The highest BCUT2D eigenvalue weighted by Gasteiger charge is 2.38. The fourth-order valence-corrected chi connectivity index (χ4v) is 2.62. The Morgan fingerprint density at radius 2 is 1.14 bits per heavy atom. The van der Waals surface area contributed by atoms with E-state index in [1.807, 2.05) is 0 Å². The Morgan fingerprint density at radius 1 is 0.857 bits per heavy atom. The highest BCUT2D eigenvalue weighted by Crippen LogP contribution is 2.24. The summed E-state index contributed by atoms with van der Waals surface area (Å²) < 4.78 is 18.8. The molecule has 0 saturated carbocycles. The molecule has 12 heteroatoms. The molecule has 9 nitrogen and oxygen atoms in total. The van der Waals surface area contributed by atoms with Crippen LogP contribution in [0, 0.1) is 0 Å². The molecule has 0 aliphatic carbocycles. The second-order valence-electron chi connectivity index (χ2n) is 2.32. The summed E-state index contributed by atoms with van der Waals surface area (Å²) in [5.74, 6) is 0. The topological polar surface area (TPSA) is 157 Å². The van der Waals surface area contributed by atoms with Crippen molar-refractivity contribution in [2.45, 2.75) is 0 Å². The van der Waals surface area contributed by atoms with Gasteiger partial charge < -0.3 is 28.8 Å². The third-order valence-electron chi connectivity index (χ3n) is 0.727. The molecule has 0 spiro atoms. The molecule has 0 fully saturated rings. The molecule has 0 aliphatic rings. The molecule has 0 aromatic heterocycles. The second-order valence-corrected chi connectivity index (χ2v) is 6.96. The van der Waals surface area contributed by atoms with Crippen molar-refractivity contribution in [3.05, 3.63) is 0 Å². The van der Waals surface area contributed by atoms with Crippen LogP contribution in [0.2, 0.25) is 0 Å². The Kier molecular flexibility index (Phi) is 5.42. The Hall–Kier alpha value is 0.214. The van der Waals surface area contributed by atoms with E-state index in [1.165, 1.54) is 0 Å². The van der Waals surface area contributed by atoms with Crippen molar-refractivity contribution in [2.24, 2.45) is 0 Å². The summed E-state index contributed by atoms with van der Waals surface area (Å²) in [7, 11) is -11.8. The third kappa shape index (κ3) is 10.3. The Balaban J connectivity index is 3.68. The molecule has 0 amide bonds. The molecule has 0 rings (SSSR count). The van der Waals surface area contributed by atoms with Gasteiger partial charge in [-0.15, -0.1) is 9.05 Å². The van der Waals surface area contributed by atoms with Gasteiger partial charge in [-0.3, -0.25) is 0 Å². The maximum atomic E-state index is 10.6. The first-order valence-corrected chi connectivity index (χ1v) is 8.37. The summed E-state index contributed by atoms with van der Waals surface area (Å²) in [6.45, 7) is 0. The smallest absolute Gasteiger partial charge is 0.388 e. The zero-order valence-electron chi connectivity index (χ0n) is 6.77. The van der Waals surface area contributed by atoms with Crippen molar-refractivity contribution in [3.8, 4) is 0 Å². The first-order valence-electron chi connectivity index (χ1n) is 3.17. The predicted molar refractivity (Wildman–Crippen MR) is 44.3 cm³/mol. The first kappa shape index (κ1) is 14.2. The van der Waals surface area contributed by atoms with Crippen LogP contribution in [0.1, 0.15) is 0 Å². The molecule has 0 aliphatic heterocycles. The van der Waals surface area contributed by atoms with Crippen LogP contribution in [0.25, 0.3) is 0 Å². The van der Waals surface area contributed by atoms with E-state index in [0.717, 1.165) is 0 Å². The molecule has 0 aromatic rings. The predicted octanol–water partition coefficient (Wildman–Crippen LogP) is -3.41. The number of hydrogen-bond acceptors (Lipinski definition) is 9. The molecule has 0 bridgehead atoms. The molecule has 0 atom stereocenters. The molecule has 84 valence electrons. The Bertz CT molecular complexity index is 174. The highest BCUT2D eigenvalue weighted by molar-refractivity contribution is 7.33. The van der Waals surface area contributed by atoms with Gasteiger partial charge in [-0.1, -0.05) is 0 Å². The van der Waals surface area contributed by atoms with Crippen LogP contribution in [0.3, 0.4) is 0 Å². The van der Waals surface area contributed by atoms with Gasteiger partial charge in [0.2, 0.25) is 0 Å². The molecule has 0 aromatic carbocycles. The molecular formula is C2H10O9PSi2+. The number of rotatable bonds is 6. The van der Waals surface area contributed by atoms with E-state index < -0.39 is 38.3 Å². The van der Waals surface area contributed by atoms with E-state index in [-0.39, 0.29) is 0 Å². The van der Waals surface area contributed by atoms with Crippen molar-refractivity contribution in [1.82, 2.24) is 0 Å². The lowest BCUT2D eigenvalue weighted by atomic mass is 11.7. The molecule has 0 radical (unpaired) electrons. The molecule has 0 saturated heterocycles. The van der Waals surface area contributed by atoms with E-state index >= 15 is 0 Å². The van der Waals surface area contributed by atoms with Crippen LogP contribution >= 0.6 is 8.25 Å². The summed E-state index contributed by atoms with van der Waals surface area (Å²) in [4.78, 5) is 50.4. The SMILES string of the molecule is O=[P+](OC[Si](O)(O)O)OC[Si](O)(O)O. The zero-order chi connectivity index (χ0) is 11.4. The van der Waals surface area contributed by atoms with Crippen LogP contribution < -0.4 is 0 Å². The van der Waals surface area contributed by atoms with E-state index in [0.29, 0.717) is 0 Å². The Morgan fingerprint density at radius 3 is 1.36 bits per heavy atom. The minimum atomic E-state index is -4.46. The standard InChI is InChI=1S/C2H10O9PSi2/c3-12(10-1-13(4,5)6)11-2-14(7,8)9/h4-9H,1-2H2/q+1. The van der Waals surface area contributed by atoms with Crippen LogP contribution in [0.5, 0.6) is 0 Å². The van der Waals surface area contributed by atoms with Crippen LogP contribution in [0.15, 0.2) is 0 Å². The average molecular weight is 265 g/mol. The largest absolute Gasteiger partial charge is 0.697 e. The van der Waals surface area contributed by atoms with E-state index in [2.05, 4.69) is 9.05 Å². The van der Waals surface area contributed by atoms with Gasteiger partial charge in [0.1, 0.15) is 0 Å². The summed E-state index contributed by atoms with van der Waals surface area (Å²) in [5, 5.41) is 0. The summed E-state index contributed by atoms with van der Waals surface area (Å²) in [6, 6.07) is 0. The van der Waals surface area contributed by atoms with Gasteiger partial charge in [-0.25, -0.2) is 0 Å².